The summed E-state index contributed by atoms with van der Waals surface area (Å²) >= 11 is 0. The Balaban J connectivity index is 0.675. The van der Waals surface area contributed by atoms with E-state index in [2.05, 4.69) is 47.0 Å². The molecule has 0 bridgehead atoms. The number of piperazine rings is 1. The van der Waals surface area contributed by atoms with Gasteiger partial charge in [0.1, 0.15) is 11.9 Å². The molecule has 0 aliphatic carbocycles. The monoisotopic (exact) mass is 866 g/mol. The first kappa shape index (κ1) is 42.3. The minimum Gasteiger partial charge on any atom is -0.372 e. The van der Waals surface area contributed by atoms with Crippen molar-refractivity contribution in [1.29, 1.82) is 0 Å². The highest BCUT2D eigenvalue weighted by Gasteiger charge is 2.45. The van der Waals surface area contributed by atoms with Gasteiger partial charge in [-0.05, 0) is 68.7 Å². The van der Waals surface area contributed by atoms with E-state index in [1.807, 2.05) is 23.1 Å². The fraction of sp³-hybridized carbons (Fsp3) is 0.489. The molecule has 330 valence electrons. The van der Waals surface area contributed by atoms with Crippen LogP contribution in [0.25, 0.3) is 4.85 Å². The number of rotatable bonds is 10. The number of nitrogens with zero attached hydrogens (tertiary/aromatic N) is 8. The van der Waals surface area contributed by atoms with E-state index in [1.165, 1.54) is 12.1 Å². The third kappa shape index (κ3) is 8.55. The van der Waals surface area contributed by atoms with Crippen LogP contribution in [0, 0.1) is 24.3 Å². The lowest BCUT2D eigenvalue weighted by Crippen LogP contribution is -2.59. The molecule has 0 saturated carbocycles. The Morgan fingerprint density at radius 1 is 0.810 bits per heavy atom. The summed E-state index contributed by atoms with van der Waals surface area (Å²) in [7, 11) is 0. The van der Waals surface area contributed by atoms with Gasteiger partial charge in [-0.15, -0.1) is 0 Å². The minimum absolute atomic E-state index is 0.0846. The number of amides is 5. The van der Waals surface area contributed by atoms with E-state index in [-0.39, 0.29) is 30.2 Å². The number of anilines is 4. The van der Waals surface area contributed by atoms with Crippen molar-refractivity contribution in [3.63, 3.8) is 0 Å². The van der Waals surface area contributed by atoms with Gasteiger partial charge in [-0.1, -0.05) is 6.07 Å². The smallest absolute Gasteiger partial charge is 0.372 e. The van der Waals surface area contributed by atoms with Crippen LogP contribution < -0.4 is 25.3 Å². The summed E-state index contributed by atoms with van der Waals surface area (Å²) in [5, 5.41) is 5.15. The highest BCUT2D eigenvalue weighted by atomic mass is 19.4. The van der Waals surface area contributed by atoms with Crippen LogP contribution in [0.5, 0.6) is 0 Å². The van der Waals surface area contributed by atoms with Gasteiger partial charge in [-0.3, -0.25) is 39.1 Å². The summed E-state index contributed by atoms with van der Waals surface area (Å²) in [5.41, 5.74) is 1.50. The van der Waals surface area contributed by atoms with Crippen LogP contribution in [-0.4, -0.2) is 133 Å². The van der Waals surface area contributed by atoms with Crippen molar-refractivity contribution in [2.45, 2.75) is 50.9 Å². The molecule has 5 fully saturated rings. The number of nitrogens with one attached hydrogen (secondary N) is 2. The first-order valence-electron chi connectivity index (χ1n) is 21.6. The molecule has 63 heavy (non-hydrogen) atoms. The summed E-state index contributed by atoms with van der Waals surface area (Å²) in [6.45, 7) is 18.8. The van der Waals surface area contributed by atoms with Crippen LogP contribution >= 0.6 is 0 Å². The molecule has 2 aromatic carbocycles. The molecule has 9 rings (SSSR count). The molecule has 0 spiro atoms. The van der Waals surface area contributed by atoms with Crippen molar-refractivity contribution < 1.29 is 37.1 Å². The summed E-state index contributed by atoms with van der Waals surface area (Å²) in [6, 6.07) is 12.3. The van der Waals surface area contributed by atoms with E-state index >= 15 is 0 Å². The number of halogens is 3. The van der Waals surface area contributed by atoms with E-state index in [9.17, 15) is 37.1 Å². The number of benzene rings is 2. The number of pyridine rings is 1. The molecule has 1 aromatic heterocycles. The Morgan fingerprint density at radius 3 is 2.14 bits per heavy atom. The lowest BCUT2D eigenvalue weighted by Gasteiger charge is -2.48. The number of hydrogen-bond donors (Lipinski definition) is 2. The minimum atomic E-state index is -4.62. The number of carbonyl (C=O) groups excluding carboxylic acids is 5. The summed E-state index contributed by atoms with van der Waals surface area (Å²) < 4.78 is 40.5. The van der Waals surface area contributed by atoms with Gasteiger partial charge in [0.05, 0.1) is 35.1 Å². The number of aromatic nitrogens is 1. The van der Waals surface area contributed by atoms with Gasteiger partial charge < -0.3 is 24.9 Å². The Hall–Kier alpha value is -6.06. The zero-order valence-corrected chi connectivity index (χ0v) is 34.9. The average Bonchev–Trinajstić information content (AvgIpc) is 3.48. The molecule has 18 heteroatoms. The van der Waals surface area contributed by atoms with E-state index < -0.39 is 47.1 Å². The fourth-order valence-corrected chi connectivity index (χ4v) is 9.97. The Bertz CT molecular complexity index is 2350. The van der Waals surface area contributed by atoms with Crippen molar-refractivity contribution in [1.82, 2.24) is 25.0 Å². The quantitative estimate of drug-likeness (QED) is 0.220. The van der Waals surface area contributed by atoms with Crippen molar-refractivity contribution >= 4 is 58.1 Å². The molecule has 5 saturated heterocycles. The molecule has 7 heterocycles. The van der Waals surface area contributed by atoms with Gasteiger partial charge in [0.15, 0.2) is 5.69 Å². The second-order valence-electron chi connectivity index (χ2n) is 17.8. The number of piperidine rings is 2. The number of alkyl halides is 3. The molecular weight excluding hydrogens is 818 g/mol. The summed E-state index contributed by atoms with van der Waals surface area (Å²) in [5.74, 6) is -0.946. The van der Waals surface area contributed by atoms with Gasteiger partial charge in [0, 0.05) is 114 Å². The highest BCUT2D eigenvalue weighted by molar-refractivity contribution is 6.23. The zero-order valence-electron chi connectivity index (χ0n) is 34.9. The van der Waals surface area contributed by atoms with E-state index in [1.54, 1.807) is 18.3 Å². The lowest BCUT2D eigenvalue weighted by atomic mass is 9.95. The fourth-order valence-electron chi connectivity index (χ4n) is 9.97. The number of fused-ring (bicyclic) bond motifs is 1. The second-order valence-corrected chi connectivity index (χ2v) is 17.8. The molecule has 6 aliphatic heterocycles. The van der Waals surface area contributed by atoms with Gasteiger partial charge >= 0.3 is 6.18 Å². The zero-order chi connectivity index (χ0) is 44.2. The first-order chi connectivity index (χ1) is 30.2. The normalized spacial score (nSPS) is 23.0. The standard InChI is InChI=1S/C45H49F3N10O5/c1-27-20-53(21-28-23-56(24-28)31-3-6-34-35(17-31)44(63)58(43(34)62)38-8-10-40(59)52-42(38)61)15-16-55(27)22-29-25-57(26-29)33-5-9-39(50-19-33)51-41(60)30-11-13-54(14-12-30)32-4-7-37(49-2)36(18-32)45(46,47)48/h3-7,9,17-19,27-30,38H,8,10-16,20-26H2,1H3,(H,50,51,60)(H,52,59,61)/t27-,38?/m1/s1. The molecule has 3 aromatic rings. The molecule has 5 amide bonds. The SMILES string of the molecule is [C-]#[N+]c1ccc(N2CCC(C(=O)Nc3ccc(N4CC(CN5CCN(CC6CN(c7ccc8c(c7)C(=O)N(C7CCC(=O)NC7=O)C8=O)C6)C[C@H]5C)C4)cn3)CC2)cc1C(F)(F)F. The molecular formula is C45H49F3N10O5. The lowest BCUT2D eigenvalue weighted by molar-refractivity contribution is -0.137. The summed E-state index contributed by atoms with van der Waals surface area (Å²) in [4.78, 5) is 83.5. The second kappa shape index (κ2) is 16.9. The molecule has 2 atom stereocenters. The van der Waals surface area contributed by atoms with Crippen LogP contribution in [-0.2, 0) is 20.6 Å². The first-order valence-corrected chi connectivity index (χ1v) is 21.6. The van der Waals surface area contributed by atoms with Crippen LogP contribution in [0.2, 0.25) is 0 Å². The highest BCUT2D eigenvalue weighted by Crippen LogP contribution is 2.40. The number of imide groups is 2. The molecule has 15 nitrogen and oxygen atoms in total. The van der Waals surface area contributed by atoms with Gasteiger partial charge in [-0.2, -0.15) is 13.2 Å². The molecule has 1 unspecified atom stereocenters. The Morgan fingerprint density at radius 2 is 1.48 bits per heavy atom. The Labute approximate surface area is 363 Å². The van der Waals surface area contributed by atoms with E-state index in [0.717, 1.165) is 81.2 Å². The van der Waals surface area contributed by atoms with Crippen LogP contribution in [0.1, 0.15) is 58.9 Å². The number of carbonyl (C=O) groups is 5. The predicted molar refractivity (Wildman–Crippen MR) is 228 cm³/mol. The van der Waals surface area contributed by atoms with Gasteiger partial charge in [0.2, 0.25) is 17.7 Å². The topological polar surface area (TPSA) is 146 Å². The van der Waals surface area contributed by atoms with Crippen molar-refractivity contribution in [2.75, 3.05) is 92.0 Å². The van der Waals surface area contributed by atoms with Crippen molar-refractivity contribution in [3.05, 3.63) is 82.8 Å². The maximum absolute atomic E-state index is 13.5. The van der Waals surface area contributed by atoms with Crippen molar-refractivity contribution in [3.8, 4) is 0 Å². The third-order valence-corrected chi connectivity index (χ3v) is 13.6. The van der Waals surface area contributed by atoms with Crippen LogP contribution in [0.4, 0.5) is 41.7 Å². The molecule has 0 radical (unpaired) electrons. The van der Waals surface area contributed by atoms with E-state index in [0.29, 0.717) is 60.9 Å². The van der Waals surface area contributed by atoms with Crippen LogP contribution in [0.15, 0.2) is 54.7 Å². The third-order valence-electron chi connectivity index (χ3n) is 13.6. The largest absolute Gasteiger partial charge is 0.407 e. The van der Waals surface area contributed by atoms with Crippen molar-refractivity contribution in [2.24, 2.45) is 17.8 Å². The number of hydrogen-bond acceptors (Lipinski definition) is 11. The van der Waals surface area contributed by atoms with Crippen LogP contribution in [0.3, 0.4) is 0 Å². The summed E-state index contributed by atoms with van der Waals surface area (Å²) in [6.07, 6.45) is -1.64. The maximum Gasteiger partial charge on any atom is 0.407 e. The molecule has 6 aliphatic rings. The maximum atomic E-state index is 13.5. The Kier molecular flexibility index (Phi) is 11.3. The molecule has 2 N–H and O–H groups in total. The van der Waals surface area contributed by atoms with Gasteiger partial charge in [-0.25, -0.2) is 9.83 Å². The predicted octanol–water partition coefficient (Wildman–Crippen LogP) is 4.49. The average molecular weight is 867 g/mol. The van der Waals surface area contributed by atoms with Gasteiger partial charge in [0.25, 0.3) is 11.8 Å². The van der Waals surface area contributed by atoms with E-state index in [4.69, 9.17) is 6.57 Å².